The Morgan fingerprint density at radius 2 is 1.96 bits per heavy atom. The molecule has 0 spiro atoms. The number of carbonyl (C=O) groups is 1. The standard InChI is InChI=1S/C16H18F3N3O3/c17-16(18,19)12-7-9(14-8-25-15(24)22-21-14)1-6-13(12)20-10-2-4-11(23)5-3-10/h1,6-7,10-11,20,23H,2-5,8H2,(H,22,24). The van der Waals surface area contributed by atoms with Gasteiger partial charge >= 0.3 is 12.3 Å². The highest BCUT2D eigenvalue weighted by atomic mass is 19.4. The van der Waals surface area contributed by atoms with Crippen LogP contribution in [0.5, 0.6) is 0 Å². The smallest absolute Gasteiger partial charge is 0.428 e. The van der Waals surface area contributed by atoms with E-state index in [0.717, 1.165) is 6.07 Å². The fourth-order valence-electron chi connectivity index (χ4n) is 2.98. The van der Waals surface area contributed by atoms with Gasteiger partial charge in [0.1, 0.15) is 12.3 Å². The molecule has 1 aromatic carbocycles. The van der Waals surface area contributed by atoms with Gasteiger partial charge < -0.3 is 15.2 Å². The lowest BCUT2D eigenvalue weighted by atomic mass is 9.92. The molecule has 1 heterocycles. The summed E-state index contributed by atoms with van der Waals surface area (Å²) in [4.78, 5) is 10.9. The van der Waals surface area contributed by atoms with Crippen LogP contribution in [0.2, 0.25) is 0 Å². The summed E-state index contributed by atoms with van der Waals surface area (Å²) in [6.45, 7) is -0.184. The molecular formula is C16H18F3N3O3. The van der Waals surface area contributed by atoms with Crippen LogP contribution >= 0.6 is 0 Å². The Labute approximate surface area is 142 Å². The minimum Gasteiger partial charge on any atom is -0.442 e. The zero-order chi connectivity index (χ0) is 18.0. The minimum absolute atomic E-state index is 0.000923. The summed E-state index contributed by atoms with van der Waals surface area (Å²) < 4.78 is 45.1. The molecule has 0 bridgehead atoms. The number of hydrazone groups is 1. The van der Waals surface area contributed by atoms with E-state index in [9.17, 15) is 23.1 Å². The lowest BCUT2D eigenvalue weighted by Gasteiger charge is -2.28. The summed E-state index contributed by atoms with van der Waals surface area (Å²) in [7, 11) is 0. The van der Waals surface area contributed by atoms with Crippen molar-refractivity contribution in [1.29, 1.82) is 0 Å². The Morgan fingerprint density at radius 3 is 2.56 bits per heavy atom. The van der Waals surface area contributed by atoms with Crippen molar-refractivity contribution >= 4 is 17.5 Å². The molecule has 2 aliphatic rings. The fourth-order valence-corrected chi connectivity index (χ4v) is 2.98. The van der Waals surface area contributed by atoms with Crippen LogP contribution in [0.15, 0.2) is 23.3 Å². The van der Waals surface area contributed by atoms with E-state index in [1.54, 1.807) is 0 Å². The molecule has 0 radical (unpaired) electrons. The predicted octanol–water partition coefficient (Wildman–Crippen LogP) is 2.86. The maximum Gasteiger partial charge on any atom is 0.428 e. The average molecular weight is 357 g/mol. The van der Waals surface area contributed by atoms with Gasteiger partial charge in [0.15, 0.2) is 0 Å². The molecule has 6 nitrogen and oxygen atoms in total. The molecule has 25 heavy (non-hydrogen) atoms. The first kappa shape index (κ1) is 17.5. The van der Waals surface area contributed by atoms with Crippen LogP contribution in [0, 0.1) is 0 Å². The number of cyclic esters (lactones) is 1. The first-order chi connectivity index (χ1) is 11.8. The number of nitrogens with zero attached hydrogens (tertiary/aromatic N) is 1. The van der Waals surface area contributed by atoms with Crippen molar-refractivity contribution in [3.05, 3.63) is 29.3 Å². The molecule has 3 N–H and O–H groups in total. The molecule has 1 aromatic rings. The van der Waals surface area contributed by atoms with E-state index in [-0.39, 0.29) is 35.7 Å². The third kappa shape index (κ3) is 4.22. The van der Waals surface area contributed by atoms with Crippen LogP contribution in [-0.2, 0) is 10.9 Å². The number of hydrogen-bond donors (Lipinski definition) is 3. The molecule has 1 aliphatic carbocycles. The van der Waals surface area contributed by atoms with Crippen LogP contribution in [0.3, 0.4) is 0 Å². The van der Waals surface area contributed by atoms with Crippen molar-refractivity contribution in [1.82, 2.24) is 5.43 Å². The number of benzene rings is 1. The van der Waals surface area contributed by atoms with E-state index < -0.39 is 17.8 Å². The molecule has 1 amide bonds. The molecule has 9 heteroatoms. The number of amides is 1. The van der Waals surface area contributed by atoms with E-state index in [0.29, 0.717) is 25.7 Å². The normalized spacial score (nSPS) is 24.2. The molecule has 0 unspecified atom stereocenters. The van der Waals surface area contributed by atoms with Crippen molar-refractivity contribution < 1.29 is 27.8 Å². The highest BCUT2D eigenvalue weighted by Gasteiger charge is 2.35. The van der Waals surface area contributed by atoms with Crippen LogP contribution in [0.4, 0.5) is 23.7 Å². The monoisotopic (exact) mass is 357 g/mol. The van der Waals surface area contributed by atoms with Gasteiger partial charge in [-0.15, -0.1) is 0 Å². The van der Waals surface area contributed by atoms with Crippen molar-refractivity contribution in [2.45, 2.75) is 44.0 Å². The Kier molecular flexibility index (Phi) is 4.85. The first-order valence-electron chi connectivity index (χ1n) is 7.98. The zero-order valence-corrected chi connectivity index (χ0v) is 13.3. The fraction of sp³-hybridized carbons (Fsp3) is 0.500. The maximum absolute atomic E-state index is 13.5. The quantitative estimate of drug-likeness (QED) is 0.777. The number of anilines is 1. The number of halogens is 3. The van der Waals surface area contributed by atoms with Gasteiger partial charge in [0.25, 0.3) is 0 Å². The van der Waals surface area contributed by atoms with E-state index in [2.05, 4.69) is 15.8 Å². The Morgan fingerprint density at radius 1 is 1.24 bits per heavy atom. The summed E-state index contributed by atoms with van der Waals surface area (Å²) in [6.07, 6.45) is -3.26. The first-order valence-corrected chi connectivity index (χ1v) is 7.98. The molecule has 136 valence electrons. The van der Waals surface area contributed by atoms with Gasteiger partial charge in [-0.1, -0.05) is 6.07 Å². The van der Waals surface area contributed by atoms with Crippen LogP contribution in [0.1, 0.15) is 36.8 Å². The van der Waals surface area contributed by atoms with Gasteiger partial charge in [-0.05, 0) is 37.8 Å². The van der Waals surface area contributed by atoms with Crippen LogP contribution in [-0.4, -0.2) is 35.7 Å². The van der Waals surface area contributed by atoms with E-state index in [4.69, 9.17) is 4.74 Å². The second-order valence-electron chi connectivity index (χ2n) is 6.15. The van der Waals surface area contributed by atoms with Crippen LogP contribution < -0.4 is 10.7 Å². The average Bonchev–Trinajstić information content (AvgIpc) is 2.57. The summed E-state index contributed by atoms with van der Waals surface area (Å²) in [6, 6.07) is 3.77. The highest BCUT2D eigenvalue weighted by Crippen LogP contribution is 2.37. The van der Waals surface area contributed by atoms with Crippen LogP contribution in [0.25, 0.3) is 0 Å². The number of nitrogens with one attached hydrogen (secondary N) is 2. The van der Waals surface area contributed by atoms with Gasteiger partial charge in [-0.25, -0.2) is 10.2 Å². The minimum atomic E-state index is -4.54. The summed E-state index contributed by atoms with van der Waals surface area (Å²) in [5, 5.41) is 16.2. The second-order valence-corrected chi connectivity index (χ2v) is 6.15. The predicted molar refractivity (Wildman–Crippen MR) is 84.4 cm³/mol. The molecular weight excluding hydrogens is 339 g/mol. The van der Waals surface area contributed by atoms with Gasteiger partial charge in [0, 0.05) is 17.3 Å². The largest absolute Gasteiger partial charge is 0.442 e. The summed E-state index contributed by atoms with van der Waals surface area (Å²) >= 11 is 0. The van der Waals surface area contributed by atoms with E-state index >= 15 is 0 Å². The molecule has 0 aromatic heterocycles. The lowest BCUT2D eigenvalue weighted by Crippen LogP contribution is -2.31. The SMILES string of the molecule is O=C1NN=C(c2ccc(NC3CCC(O)CC3)c(C(F)(F)F)c2)CO1. The molecule has 0 atom stereocenters. The Hall–Kier alpha value is -2.29. The summed E-state index contributed by atoms with van der Waals surface area (Å²) in [5.74, 6) is 0. The third-order valence-electron chi connectivity index (χ3n) is 4.34. The number of rotatable bonds is 3. The number of hydrogen-bond acceptors (Lipinski definition) is 5. The van der Waals surface area contributed by atoms with Crippen molar-refractivity contribution in [3.8, 4) is 0 Å². The molecule has 3 rings (SSSR count). The van der Waals surface area contributed by atoms with Gasteiger partial charge in [-0.3, -0.25) is 0 Å². The molecule has 0 saturated heterocycles. The molecule has 1 fully saturated rings. The topological polar surface area (TPSA) is 83.0 Å². The van der Waals surface area contributed by atoms with Gasteiger partial charge in [0.05, 0.1) is 11.7 Å². The second kappa shape index (κ2) is 6.91. The number of aliphatic hydroxyl groups excluding tert-OH is 1. The highest BCUT2D eigenvalue weighted by molar-refractivity contribution is 6.04. The number of ether oxygens (including phenoxy) is 1. The van der Waals surface area contributed by atoms with Crippen molar-refractivity contribution in [2.75, 3.05) is 11.9 Å². The lowest BCUT2D eigenvalue weighted by molar-refractivity contribution is -0.137. The van der Waals surface area contributed by atoms with Crippen molar-refractivity contribution in [3.63, 3.8) is 0 Å². The van der Waals surface area contributed by atoms with E-state index in [1.165, 1.54) is 12.1 Å². The summed E-state index contributed by atoms with van der Waals surface area (Å²) in [5.41, 5.74) is 1.74. The molecule has 1 saturated carbocycles. The van der Waals surface area contributed by atoms with Crippen molar-refractivity contribution in [2.24, 2.45) is 5.10 Å². The zero-order valence-electron chi connectivity index (χ0n) is 13.3. The van der Waals surface area contributed by atoms with Gasteiger partial charge in [-0.2, -0.15) is 18.3 Å². The Bertz CT molecular complexity index is 683. The molecule has 1 aliphatic heterocycles. The number of aliphatic hydroxyl groups is 1. The van der Waals surface area contributed by atoms with Gasteiger partial charge in [0.2, 0.25) is 0 Å². The number of alkyl halides is 3. The Balaban J connectivity index is 1.84. The van der Waals surface area contributed by atoms with E-state index in [1.807, 2.05) is 0 Å². The number of carbonyl (C=O) groups excluding carboxylic acids is 1. The third-order valence-corrected chi connectivity index (χ3v) is 4.34. The maximum atomic E-state index is 13.5.